The molecule has 3 aromatic rings. The van der Waals surface area contributed by atoms with E-state index in [1.807, 2.05) is 41.0 Å². The van der Waals surface area contributed by atoms with Crippen LogP contribution in [0.15, 0.2) is 53.7 Å². The molecule has 3 rings (SSSR count). The van der Waals surface area contributed by atoms with Crippen LogP contribution in [0.5, 0.6) is 0 Å². The van der Waals surface area contributed by atoms with E-state index in [1.54, 1.807) is 7.11 Å². The predicted molar refractivity (Wildman–Crippen MR) is 127 cm³/mol. The maximum absolute atomic E-state index is 12.5. The average Bonchev–Trinajstić information content (AvgIpc) is 3.17. The van der Waals surface area contributed by atoms with Crippen LogP contribution in [0.3, 0.4) is 0 Å². The zero-order valence-corrected chi connectivity index (χ0v) is 19.4. The van der Waals surface area contributed by atoms with Crippen molar-refractivity contribution in [1.82, 2.24) is 14.8 Å². The number of ether oxygens (including phenoxy) is 1. The number of methoxy groups -OCH3 is 1. The third-order valence-electron chi connectivity index (χ3n) is 4.67. The summed E-state index contributed by atoms with van der Waals surface area (Å²) in [5.74, 6) is 0.844. The van der Waals surface area contributed by atoms with Crippen molar-refractivity contribution in [1.29, 1.82) is 0 Å². The van der Waals surface area contributed by atoms with Crippen molar-refractivity contribution in [2.45, 2.75) is 37.9 Å². The Kier molecular flexibility index (Phi) is 8.94. The molecule has 6 nitrogen and oxygen atoms in total. The SMILES string of the molecule is CCCc1ccc(NC(=O)CSc2nnc(-c3ccccc3Cl)n2CCCOC)cc1. The highest BCUT2D eigenvalue weighted by molar-refractivity contribution is 7.99. The molecule has 1 aromatic heterocycles. The number of aryl methyl sites for hydroxylation is 1. The Morgan fingerprint density at radius 1 is 1.16 bits per heavy atom. The Morgan fingerprint density at radius 2 is 1.94 bits per heavy atom. The van der Waals surface area contributed by atoms with Gasteiger partial charge in [0.2, 0.25) is 5.91 Å². The van der Waals surface area contributed by atoms with Crippen molar-refractivity contribution >= 4 is 35.0 Å². The van der Waals surface area contributed by atoms with E-state index >= 15 is 0 Å². The lowest BCUT2D eigenvalue weighted by Crippen LogP contribution is -2.15. The number of rotatable bonds is 11. The zero-order valence-electron chi connectivity index (χ0n) is 17.8. The van der Waals surface area contributed by atoms with E-state index in [0.717, 1.165) is 30.5 Å². The van der Waals surface area contributed by atoms with Crippen molar-refractivity contribution in [2.24, 2.45) is 0 Å². The van der Waals surface area contributed by atoms with Gasteiger partial charge in [0.05, 0.1) is 10.8 Å². The minimum atomic E-state index is -0.0843. The van der Waals surface area contributed by atoms with Crippen LogP contribution < -0.4 is 5.32 Å². The molecule has 0 saturated heterocycles. The highest BCUT2D eigenvalue weighted by Crippen LogP contribution is 2.29. The molecule has 31 heavy (non-hydrogen) atoms. The summed E-state index contributed by atoms with van der Waals surface area (Å²) in [7, 11) is 1.68. The standard InChI is InChI=1S/C23H27ClN4O2S/c1-3-7-17-10-12-18(13-11-17)25-21(29)16-31-23-27-26-22(28(23)14-6-15-30-2)19-8-4-5-9-20(19)24/h4-5,8-13H,3,6-7,14-16H2,1-2H3,(H,25,29). The van der Waals surface area contributed by atoms with Crippen LogP contribution in [0.25, 0.3) is 11.4 Å². The number of carbonyl (C=O) groups is 1. The number of benzene rings is 2. The van der Waals surface area contributed by atoms with Gasteiger partial charge < -0.3 is 14.6 Å². The lowest BCUT2D eigenvalue weighted by atomic mass is 10.1. The van der Waals surface area contributed by atoms with Gasteiger partial charge in [0, 0.05) is 31.5 Å². The highest BCUT2D eigenvalue weighted by Gasteiger charge is 2.17. The fourth-order valence-corrected chi connectivity index (χ4v) is 4.16. The minimum Gasteiger partial charge on any atom is -0.385 e. The first kappa shape index (κ1) is 23.3. The van der Waals surface area contributed by atoms with E-state index in [4.69, 9.17) is 16.3 Å². The van der Waals surface area contributed by atoms with Crippen molar-refractivity contribution in [3.8, 4) is 11.4 Å². The molecular formula is C23H27ClN4O2S. The third kappa shape index (κ3) is 6.56. The van der Waals surface area contributed by atoms with Crippen molar-refractivity contribution in [3.63, 3.8) is 0 Å². The second-order valence-corrected chi connectivity index (χ2v) is 8.42. The quantitative estimate of drug-likeness (QED) is 0.311. The molecule has 1 heterocycles. The molecule has 0 fully saturated rings. The number of nitrogens with zero attached hydrogens (tertiary/aromatic N) is 3. The van der Waals surface area contributed by atoms with Crippen molar-refractivity contribution in [2.75, 3.05) is 24.8 Å². The van der Waals surface area contributed by atoms with E-state index < -0.39 is 0 Å². The van der Waals surface area contributed by atoms with Gasteiger partial charge in [0.25, 0.3) is 0 Å². The predicted octanol–water partition coefficient (Wildman–Crippen LogP) is 5.32. The summed E-state index contributed by atoms with van der Waals surface area (Å²) in [5.41, 5.74) is 2.88. The number of carbonyl (C=O) groups excluding carboxylic acids is 1. The number of amides is 1. The largest absolute Gasteiger partial charge is 0.385 e. The normalized spacial score (nSPS) is 10.9. The van der Waals surface area contributed by atoms with Gasteiger partial charge in [-0.3, -0.25) is 4.79 Å². The van der Waals surface area contributed by atoms with Gasteiger partial charge in [-0.1, -0.05) is 61.0 Å². The highest BCUT2D eigenvalue weighted by atomic mass is 35.5. The van der Waals surface area contributed by atoms with Crippen LogP contribution in [0.1, 0.15) is 25.3 Å². The van der Waals surface area contributed by atoms with Gasteiger partial charge in [0.1, 0.15) is 0 Å². The lowest BCUT2D eigenvalue weighted by molar-refractivity contribution is -0.113. The van der Waals surface area contributed by atoms with Crippen LogP contribution >= 0.6 is 23.4 Å². The second kappa shape index (κ2) is 11.9. The van der Waals surface area contributed by atoms with Crippen LogP contribution in [0, 0.1) is 0 Å². The number of aromatic nitrogens is 3. The zero-order chi connectivity index (χ0) is 22.1. The first-order valence-corrected chi connectivity index (χ1v) is 11.7. The number of hydrogen-bond donors (Lipinski definition) is 1. The van der Waals surface area contributed by atoms with E-state index in [9.17, 15) is 4.79 Å². The van der Waals surface area contributed by atoms with Crippen LogP contribution in [0.4, 0.5) is 5.69 Å². The van der Waals surface area contributed by atoms with Crippen LogP contribution in [-0.2, 0) is 22.5 Å². The first-order chi connectivity index (χ1) is 15.1. The molecule has 0 radical (unpaired) electrons. The fraction of sp³-hybridized carbons (Fsp3) is 0.348. The number of hydrogen-bond acceptors (Lipinski definition) is 5. The molecule has 0 atom stereocenters. The molecule has 0 bridgehead atoms. The van der Waals surface area contributed by atoms with Crippen LogP contribution in [0.2, 0.25) is 5.02 Å². The number of anilines is 1. The summed E-state index contributed by atoms with van der Waals surface area (Å²) >= 11 is 7.73. The Hall–Kier alpha value is -2.35. The average molecular weight is 459 g/mol. The maximum atomic E-state index is 12.5. The van der Waals surface area contributed by atoms with Gasteiger partial charge in [-0.15, -0.1) is 10.2 Å². The molecule has 1 amide bonds. The summed E-state index contributed by atoms with van der Waals surface area (Å²) in [6, 6.07) is 15.5. The molecule has 0 unspecified atom stereocenters. The van der Waals surface area contributed by atoms with Crippen LogP contribution in [-0.4, -0.2) is 40.1 Å². The van der Waals surface area contributed by atoms with E-state index in [2.05, 4.69) is 34.6 Å². The topological polar surface area (TPSA) is 69.0 Å². The number of thioether (sulfide) groups is 1. The molecule has 2 aromatic carbocycles. The van der Waals surface area contributed by atoms with Gasteiger partial charge in [-0.25, -0.2) is 0 Å². The smallest absolute Gasteiger partial charge is 0.234 e. The molecular weight excluding hydrogens is 432 g/mol. The van der Waals surface area contributed by atoms with Gasteiger partial charge in [-0.2, -0.15) is 0 Å². The van der Waals surface area contributed by atoms with E-state index in [1.165, 1.54) is 17.3 Å². The second-order valence-electron chi connectivity index (χ2n) is 7.07. The third-order valence-corrected chi connectivity index (χ3v) is 5.97. The fourth-order valence-electron chi connectivity index (χ4n) is 3.18. The Balaban J connectivity index is 1.68. The van der Waals surface area contributed by atoms with Gasteiger partial charge in [-0.05, 0) is 42.7 Å². The molecule has 164 valence electrons. The van der Waals surface area contributed by atoms with E-state index in [0.29, 0.717) is 29.2 Å². The molecule has 0 aliphatic rings. The summed E-state index contributed by atoms with van der Waals surface area (Å²) in [5, 5.41) is 12.9. The molecule has 0 spiro atoms. The molecule has 8 heteroatoms. The Bertz CT molecular complexity index is 991. The maximum Gasteiger partial charge on any atom is 0.234 e. The summed E-state index contributed by atoms with van der Waals surface area (Å²) < 4.78 is 7.18. The van der Waals surface area contributed by atoms with Gasteiger partial charge in [0.15, 0.2) is 11.0 Å². The molecule has 0 aliphatic heterocycles. The van der Waals surface area contributed by atoms with Crippen molar-refractivity contribution < 1.29 is 9.53 Å². The van der Waals surface area contributed by atoms with Crippen molar-refractivity contribution in [3.05, 3.63) is 59.1 Å². The first-order valence-electron chi connectivity index (χ1n) is 10.3. The molecule has 0 aliphatic carbocycles. The monoisotopic (exact) mass is 458 g/mol. The molecule has 1 N–H and O–H groups in total. The van der Waals surface area contributed by atoms with Gasteiger partial charge >= 0.3 is 0 Å². The Labute approximate surface area is 192 Å². The summed E-state index contributed by atoms with van der Waals surface area (Å²) in [6.45, 7) is 3.45. The molecule has 0 saturated carbocycles. The number of halogens is 1. The summed E-state index contributed by atoms with van der Waals surface area (Å²) in [6.07, 6.45) is 2.94. The lowest BCUT2D eigenvalue weighted by Gasteiger charge is -2.11. The minimum absolute atomic E-state index is 0.0843. The Morgan fingerprint density at radius 3 is 2.65 bits per heavy atom. The number of nitrogens with one attached hydrogen (secondary N) is 1. The van der Waals surface area contributed by atoms with E-state index in [-0.39, 0.29) is 11.7 Å². The summed E-state index contributed by atoms with van der Waals surface area (Å²) in [4.78, 5) is 12.5.